The second-order valence-electron chi connectivity index (χ2n) is 12.7. The average Bonchev–Trinajstić information content (AvgIpc) is 3.49. The Labute approximate surface area is 238 Å². The number of unbranched alkanes of at least 4 members (excludes halogenated alkanes) is 2. The molecule has 10 heteroatoms. The Morgan fingerprint density at radius 3 is 2.62 bits per heavy atom. The highest BCUT2D eigenvalue weighted by Gasteiger charge is 2.46. The zero-order valence-corrected chi connectivity index (χ0v) is 24.9. The van der Waals surface area contributed by atoms with Gasteiger partial charge in [0.15, 0.2) is 17.4 Å². The fraction of sp³-hybridized carbons (Fsp3) is 0.700. The zero-order valence-electron chi connectivity index (χ0n) is 24.9. The van der Waals surface area contributed by atoms with Crippen LogP contribution >= 0.6 is 0 Å². The summed E-state index contributed by atoms with van der Waals surface area (Å²) in [7, 11) is 0. The molecule has 222 valence electrons. The first kappa shape index (κ1) is 31.4. The molecule has 2 fully saturated rings. The highest BCUT2D eigenvalue weighted by molar-refractivity contribution is 5.94. The number of ketones is 1. The summed E-state index contributed by atoms with van der Waals surface area (Å²) in [5.41, 5.74) is 5.45. The van der Waals surface area contributed by atoms with Crippen molar-refractivity contribution in [3.63, 3.8) is 0 Å². The van der Waals surface area contributed by atoms with E-state index in [0.29, 0.717) is 30.4 Å². The minimum atomic E-state index is -0.788. The Balaban J connectivity index is 1.44. The number of aromatic nitrogens is 2. The van der Waals surface area contributed by atoms with Gasteiger partial charge in [0.25, 0.3) is 0 Å². The van der Waals surface area contributed by atoms with Gasteiger partial charge in [0.1, 0.15) is 12.1 Å². The number of carbonyl (C=O) groups excluding carboxylic acids is 3. The molecule has 0 bridgehead atoms. The Morgan fingerprint density at radius 1 is 1.25 bits per heavy atom. The summed E-state index contributed by atoms with van der Waals surface area (Å²) in [6.45, 7) is 12.0. The first-order valence-corrected chi connectivity index (χ1v) is 14.6. The quantitative estimate of drug-likeness (QED) is 0.324. The van der Waals surface area contributed by atoms with Gasteiger partial charge >= 0.3 is 6.09 Å². The molecule has 40 heavy (non-hydrogen) atoms. The highest BCUT2D eigenvalue weighted by atomic mass is 16.6. The second-order valence-corrected chi connectivity index (χ2v) is 12.7. The first-order chi connectivity index (χ1) is 18.8. The van der Waals surface area contributed by atoms with Crippen molar-refractivity contribution in [3.05, 3.63) is 23.9 Å². The zero-order chi connectivity index (χ0) is 29.6. The molecule has 2 aliphatic rings. The van der Waals surface area contributed by atoms with E-state index in [4.69, 9.17) is 10.5 Å². The fourth-order valence-corrected chi connectivity index (χ4v) is 5.39. The van der Waals surface area contributed by atoms with Crippen molar-refractivity contribution in [1.82, 2.24) is 20.2 Å². The van der Waals surface area contributed by atoms with E-state index in [1.54, 1.807) is 11.0 Å². The Hall–Kier alpha value is -3.17. The summed E-state index contributed by atoms with van der Waals surface area (Å²) in [5.74, 6) is 0.652. The predicted molar refractivity (Wildman–Crippen MR) is 153 cm³/mol. The van der Waals surface area contributed by atoms with Gasteiger partial charge in [-0.1, -0.05) is 54.4 Å². The van der Waals surface area contributed by atoms with Gasteiger partial charge in [0.05, 0.1) is 17.9 Å². The van der Waals surface area contributed by atoms with Crippen LogP contribution in [0, 0.1) is 23.2 Å². The molecule has 0 radical (unpaired) electrons. The average molecular weight is 558 g/mol. The molecule has 1 aromatic rings. The Morgan fingerprint density at radius 2 is 1.98 bits per heavy atom. The molecule has 1 aliphatic carbocycles. The molecule has 2 amide bonds. The van der Waals surface area contributed by atoms with Gasteiger partial charge in [0.2, 0.25) is 5.91 Å². The van der Waals surface area contributed by atoms with Crippen molar-refractivity contribution in [3.8, 4) is 5.75 Å². The number of alkyl carbamates (subject to hydrolysis) is 1. The van der Waals surface area contributed by atoms with Crippen LogP contribution < -0.4 is 11.1 Å². The molecule has 1 saturated carbocycles. The van der Waals surface area contributed by atoms with E-state index in [-0.39, 0.29) is 35.4 Å². The van der Waals surface area contributed by atoms with Gasteiger partial charge < -0.3 is 25.8 Å². The number of nitrogens with two attached hydrogens (primary N) is 1. The number of hydrogen-bond acceptors (Lipinski definition) is 8. The van der Waals surface area contributed by atoms with Gasteiger partial charge in [-0.2, -0.15) is 0 Å². The van der Waals surface area contributed by atoms with Gasteiger partial charge in [-0.15, -0.1) is 0 Å². The van der Waals surface area contributed by atoms with E-state index < -0.39 is 23.6 Å². The topological polar surface area (TPSA) is 148 Å². The third-order valence-electron chi connectivity index (χ3n) is 7.93. The summed E-state index contributed by atoms with van der Waals surface area (Å²) in [4.78, 5) is 49.3. The van der Waals surface area contributed by atoms with Crippen LogP contribution in [-0.2, 0) is 20.7 Å². The number of hydrogen-bond donors (Lipinski definition) is 3. The van der Waals surface area contributed by atoms with Crippen molar-refractivity contribution in [2.75, 3.05) is 6.54 Å². The lowest BCUT2D eigenvalue weighted by atomic mass is 9.85. The molecule has 0 spiro atoms. The number of aromatic hydroxyl groups is 1. The van der Waals surface area contributed by atoms with Crippen molar-refractivity contribution >= 4 is 23.9 Å². The summed E-state index contributed by atoms with van der Waals surface area (Å²) in [6.07, 6.45) is 9.62. The number of nitrogens with one attached hydrogen (secondary N) is 1. The van der Waals surface area contributed by atoms with Gasteiger partial charge in [-0.25, -0.2) is 14.8 Å². The molecule has 1 saturated heterocycles. The summed E-state index contributed by atoms with van der Waals surface area (Å²) < 4.78 is 5.67. The third kappa shape index (κ3) is 8.17. The van der Waals surface area contributed by atoms with Crippen LogP contribution in [-0.4, -0.2) is 62.5 Å². The normalized spacial score (nSPS) is 23.4. The van der Waals surface area contributed by atoms with Crippen LogP contribution in [0.15, 0.2) is 12.4 Å². The van der Waals surface area contributed by atoms with E-state index in [9.17, 15) is 19.5 Å². The predicted octanol–water partition coefficient (Wildman–Crippen LogP) is 4.21. The molecular weight excluding hydrogens is 510 g/mol. The van der Waals surface area contributed by atoms with Crippen LogP contribution in [0.1, 0.15) is 91.6 Å². The number of nitrogens with zero attached hydrogens (tertiary/aromatic N) is 3. The monoisotopic (exact) mass is 557 g/mol. The van der Waals surface area contributed by atoms with Crippen molar-refractivity contribution < 1.29 is 24.2 Å². The van der Waals surface area contributed by atoms with Crippen molar-refractivity contribution in [2.45, 2.75) is 105 Å². The SMILES string of the molecule is CC(C)C(=O)[C@@H]1[C@H](C)CCN1C(=O)[C@@H](NC(=O)OC1C[C@H]1CCCCCc1nc(C=CN)ncc1O)C(C)(C)C. The maximum absolute atomic E-state index is 13.6. The van der Waals surface area contributed by atoms with Crippen LogP contribution in [0.5, 0.6) is 5.75 Å². The summed E-state index contributed by atoms with van der Waals surface area (Å²) in [5, 5.41) is 12.8. The number of aryl methyl sites for hydroxylation is 1. The Kier molecular flexibility index (Phi) is 10.6. The van der Waals surface area contributed by atoms with Crippen LogP contribution in [0.25, 0.3) is 6.08 Å². The van der Waals surface area contributed by atoms with E-state index in [1.807, 2.05) is 41.5 Å². The molecule has 4 N–H and O–H groups in total. The fourth-order valence-electron chi connectivity index (χ4n) is 5.39. The largest absolute Gasteiger partial charge is 0.504 e. The molecular formula is C30H47N5O5. The van der Waals surface area contributed by atoms with Gasteiger partial charge in [0, 0.05) is 12.5 Å². The van der Waals surface area contributed by atoms with Crippen LogP contribution in [0.3, 0.4) is 0 Å². The maximum Gasteiger partial charge on any atom is 0.408 e. The minimum absolute atomic E-state index is 0.0664. The number of rotatable bonds is 12. The van der Waals surface area contributed by atoms with Gasteiger partial charge in [-0.05, 0) is 61.6 Å². The standard InChI is InChI=1S/C30H47N5O5/c1-18(2)26(37)25-19(3)13-15-35(25)28(38)27(30(4,5)6)34-29(39)40-23-16-20(23)10-8-7-9-11-21-22(36)17-32-24(33-21)12-14-31/h12,14,17-20,23,25,27,36H,7-11,13,15-16,31H2,1-6H3,(H,34,39)/t19-,20-,23?,25+,27-/m1/s1. The molecule has 0 aromatic carbocycles. The van der Waals surface area contributed by atoms with E-state index in [1.165, 1.54) is 12.4 Å². The minimum Gasteiger partial charge on any atom is -0.504 e. The van der Waals surface area contributed by atoms with E-state index in [2.05, 4.69) is 15.3 Å². The lowest BCUT2D eigenvalue weighted by Crippen LogP contribution is -2.57. The number of Topliss-reactive ketones (excluding diaryl/α,β-unsaturated/α-hetero) is 1. The second kappa shape index (κ2) is 13.5. The molecule has 2 heterocycles. The highest BCUT2D eigenvalue weighted by Crippen LogP contribution is 2.38. The molecule has 10 nitrogen and oxygen atoms in total. The van der Waals surface area contributed by atoms with E-state index >= 15 is 0 Å². The first-order valence-electron chi connectivity index (χ1n) is 14.6. The molecule has 3 rings (SSSR count). The number of amides is 2. The van der Waals surface area contributed by atoms with Gasteiger partial charge in [-0.3, -0.25) is 9.59 Å². The van der Waals surface area contributed by atoms with Crippen LogP contribution in [0.2, 0.25) is 0 Å². The maximum atomic E-state index is 13.6. The lowest BCUT2D eigenvalue weighted by Gasteiger charge is -2.36. The summed E-state index contributed by atoms with van der Waals surface area (Å²) >= 11 is 0. The third-order valence-corrected chi connectivity index (χ3v) is 7.93. The van der Waals surface area contributed by atoms with Crippen molar-refractivity contribution in [1.29, 1.82) is 0 Å². The molecule has 1 aromatic heterocycles. The smallest absolute Gasteiger partial charge is 0.408 e. The Bertz CT molecular complexity index is 1080. The number of likely N-dealkylation sites (tertiary alicyclic amines) is 1. The number of ether oxygens (including phenoxy) is 1. The van der Waals surface area contributed by atoms with Crippen LogP contribution in [0.4, 0.5) is 4.79 Å². The molecule has 1 aliphatic heterocycles. The molecule has 1 unspecified atom stereocenters. The van der Waals surface area contributed by atoms with E-state index in [0.717, 1.165) is 38.5 Å². The van der Waals surface area contributed by atoms with Crippen molar-refractivity contribution in [2.24, 2.45) is 28.9 Å². The number of carbonyl (C=O) groups is 3. The molecule has 5 atom stereocenters. The lowest BCUT2D eigenvalue weighted by molar-refractivity contribution is -0.143. The summed E-state index contributed by atoms with van der Waals surface area (Å²) in [6, 6.07) is -1.24.